The van der Waals surface area contributed by atoms with Gasteiger partial charge in [-0.05, 0) is 241 Å². The molecule has 0 aromatic carbocycles. The third-order valence-electron chi connectivity index (χ3n) is 19.0. The van der Waals surface area contributed by atoms with E-state index < -0.39 is 0 Å². The third-order valence-corrected chi connectivity index (χ3v) is 19.0. The third kappa shape index (κ3) is 10.9. The molecule has 16 bridgehead atoms. The van der Waals surface area contributed by atoms with Gasteiger partial charge in [-0.1, -0.05) is 111 Å². The summed E-state index contributed by atoms with van der Waals surface area (Å²) in [6, 6.07) is 14.3. The van der Waals surface area contributed by atoms with Gasteiger partial charge >= 0.3 is 0 Å². The molecule has 4 N–H and O–H groups in total. The number of nitrogens with one attached hydrogen (secondary N) is 4. The van der Waals surface area contributed by atoms with E-state index in [-0.39, 0.29) is 36.5 Å². The molecule has 8 nitrogen and oxygen atoms in total. The second-order valence-corrected chi connectivity index (χ2v) is 22.8. The molecule has 4 aliphatic rings. The maximum absolute atomic E-state index is 5.93. The number of aromatic nitrogens is 8. The van der Waals surface area contributed by atoms with E-state index in [2.05, 4.69) is 167 Å². The van der Waals surface area contributed by atoms with Crippen molar-refractivity contribution < 1.29 is 36.5 Å². The van der Waals surface area contributed by atoms with E-state index in [0.717, 1.165) is 161 Å². The van der Waals surface area contributed by atoms with E-state index in [1.807, 2.05) is 0 Å². The van der Waals surface area contributed by atoms with Gasteiger partial charge in [0.2, 0.25) is 0 Å². The van der Waals surface area contributed by atoms with Crippen LogP contribution >= 0.6 is 0 Å². The fourth-order valence-corrected chi connectivity index (χ4v) is 15.3. The number of allylic oxidation sites excluding steroid dienone is 8. The molecule has 0 spiro atoms. The first-order valence-electron chi connectivity index (χ1n) is 32.4. The molecule has 0 fully saturated rings. The smallest absolute Gasteiger partial charge is 0.0726 e. The Balaban J connectivity index is 0.00000460. The Labute approximate surface area is 525 Å². The molecule has 0 atom stereocenters. The van der Waals surface area contributed by atoms with Gasteiger partial charge in [-0.25, -0.2) is 19.9 Å². The largest absolute Gasteiger partial charge is 0.355 e. The van der Waals surface area contributed by atoms with Crippen LogP contribution in [0.4, 0.5) is 0 Å². The van der Waals surface area contributed by atoms with Crippen molar-refractivity contribution in [3.63, 3.8) is 0 Å². The fraction of sp³-hybridized carbons (Fsp3) is 0.459. The molecule has 0 amide bonds. The summed E-state index contributed by atoms with van der Waals surface area (Å²) in [5.74, 6) is 0. The van der Waals surface area contributed by atoms with Crippen LogP contribution in [0.2, 0.25) is 0 Å². The van der Waals surface area contributed by atoms with Gasteiger partial charge in [0.1, 0.15) is 0 Å². The Hall–Kier alpha value is -5.66. The molecule has 440 valence electrons. The molecule has 0 unspecified atom stereocenters. The van der Waals surface area contributed by atoms with Crippen molar-refractivity contribution in [3.05, 3.63) is 138 Å². The number of fused-ring (bicyclic) bond motifs is 16. The van der Waals surface area contributed by atoms with Crippen molar-refractivity contribution in [1.82, 2.24) is 39.9 Å². The maximum atomic E-state index is 5.93. The van der Waals surface area contributed by atoms with Gasteiger partial charge in [-0.3, -0.25) is 0 Å². The molecule has 0 aliphatic carbocycles. The van der Waals surface area contributed by atoms with E-state index in [0.29, 0.717) is 0 Å². The summed E-state index contributed by atoms with van der Waals surface area (Å²) < 4.78 is 0. The van der Waals surface area contributed by atoms with Crippen molar-refractivity contribution in [3.8, 4) is 0 Å². The van der Waals surface area contributed by atoms with E-state index in [1.54, 1.807) is 0 Å². The Bertz CT molecular complexity index is 3500. The average molecular weight is 1220 g/mol. The minimum Gasteiger partial charge on any atom is -0.355 e. The quantitative estimate of drug-likeness (QED) is 0.0605. The minimum atomic E-state index is 0. The first-order valence-corrected chi connectivity index (χ1v) is 32.4. The van der Waals surface area contributed by atoms with Crippen molar-refractivity contribution in [2.75, 3.05) is 0 Å². The van der Waals surface area contributed by atoms with Gasteiger partial charge in [0.05, 0.1) is 45.6 Å². The zero-order chi connectivity index (χ0) is 58.3. The van der Waals surface area contributed by atoms with Crippen LogP contribution < -0.4 is 0 Å². The molecular weight excluding hydrogens is 1120 g/mol. The Morgan fingerprint density at radius 3 is 0.548 bits per heavy atom. The van der Waals surface area contributed by atoms with E-state index in [9.17, 15) is 0 Å². The summed E-state index contributed by atoms with van der Waals surface area (Å²) in [5.41, 5.74) is 42.4. The second-order valence-electron chi connectivity index (χ2n) is 22.8. The van der Waals surface area contributed by atoms with Crippen LogP contribution in [0.3, 0.4) is 0 Å². The van der Waals surface area contributed by atoms with E-state index in [4.69, 9.17) is 19.9 Å². The van der Waals surface area contributed by atoms with Gasteiger partial charge in [0.15, 0.2) is 0 Å². The fourth-order valence-electron chi connectivity index (χ4n) is 15.3. The molecule has 4 aliphatic heterocycles. The van der Waals surface area contributed by atoms with Crippen LogP contribution in [0.5, 0.6) is 0 Å². The SMILES string of the molecule is CCC1=C(CC)c2nc1cc1[nH]c(cc3[nH]c(cc4nc(c2CCc2c5nc(cc6[nH]c(cc7[nH]c(cc8nc2C(CC)=C8CC)c(CC)c7CC)c(CC)c6CC)C(CC)=C5CC)C(CC)=C4CC)c(CC)c3CC)c(CC)c1CC.[Fe].[Zn]. The van der Waals surface area contributed by atoms with Crippen LogP contribution in [-0.2, 0) is 101 Å². The van der Waals surface area contributed by atoms with Crippen LogP contribution in [-0.4, -0.2) is 39.9 Å². The summed E-state index contributed by atoms with van der Waals surface area (Å²) in [7, 11) is 0. The van der Waals surface area contributed by atoms with Crippen LogP contribution in [0, 0.1) is 0 Å². The molecule has 10 heterocycles. The van der Waals surface area contributed by atoms with E-state index in [1.165, 1.54) is 144 Å². The van der Waals surface area contributed by atoms with Crippen molar-refractivity contribution in [1.29, 1.82) is 0 Å². The Morgan fingerprint density at radius 2 is 0.393 bits per heavy atom. The van der Waals surface area contributed by atoms with Gasteiger partial charge < -0.3 is 19.9 Å². The summed E-state index contributed by atoms with van der Waals surface area (Å²) in [5, 5.41) is 0. The monoisotopic (exact) mass is 1210 g/mol. The zero-order valence-electron chi connectivity index (χ0n) is 54.0. The molecule has 0 radical (unpaired) electrons. The van der Waals surface area contributed by atoms with Crippen molar-refractivity contribution in [2.45, 2.75) is 226 Å². The summed E-state index contributed by atoms with van der Waals surface area (Å²) in [4.78, 5) is 39.7. The molecule has 6 aromatic rings. The van der Waals surface area contributed by atoms with Gasteiger partial charge in [0, 0.05) is 91.8 Å². The number of hydrogen-bond donors (Lipinski definition) is 4. The van der Waals surface area contributed by atoms with E-state index >= 15 is 0 Å². The maximum Gasteiger partial charge on any atom is 0.0726 e. The number of aromatic amines is 4. The van der Waals surface area contributed by atoms with Crippen molar-refractivity contribution in [2.24, 2.45) is 0 Å². The topological polar surface area (TPSA) is 115 Å². The van der Waals surface area contributed by atoms with Crippen LogP contribution in [0.15, 0.2) is 36.4 Å². The number of hydrogen-bond acceptors (Lipinski definition) is 4. The standard InChI is InChI=1S/C74H94N8.Fe.Zn/c1-17-41-45(21-5)63-37-67-49(25-9)53(29-13)71(79-67)57(72-54(30-14)50(26-10)68(80-72)38-64-46(22-6)42(18-2)60(76-64)35-59(41)75-63)33-34-58-73-55(31-15)51(27-11)69(81-73)39-65-47(23-7)43(19-3)61(77-65)36-62-44(20-4)48(24-8)66(78-62)40-70-52(28-12)56(32-16)74(58)82-70;;/h35-40,75-78H,17-34H2,1-16H3;;. The molecule has 10 rings (SSSR count). The number of H-pyrrole nitrogens is 4. The molecule has 0 saturated carbocycles. The molecule has 0 saturated heterocycles. The first kappa shape index (κ1) is 64.3. The number of rotatable bonds is 19. The molecular formula is C74H94FeN8Zn. The first-order chi connectivity index (χ1) is 39.9. The number of nitrogens with zero attached hydrogens (tertiary/aromatic N) is 4. The van der Waals surface area contributed by atoms with Crippen molar-refractivity contribution >= 4 is 88.7 Å². The normalized spacial score (nSPS) is 13.5. The molecule has 10 heteroatoms. The Morgan fingerprint density at radius 1 is 0.226 bits per heavy atom. The van der Waals surface area contributed by atoms with Gasteiger partial charge in [-0.2, -0.15) is 0 Å². The van der Waals surface area contributed by atoms with Crippen LogP contribution in [0.25, 0.3) is 88.7 Å². The predicted octanol–water partition coefficient (Wildman–Crippen LogP) is 20.1. The van der Waals surface area contributed by atoms with Gasteiger partial charge in [0.25, 0.3) is 0 Å². The number of aryl methyl sites for hydroxylation is 8. The average Bonchev–Trinajstić information content (AvgIpc) is 2.86. The van der Waals surface area contributed by atoms with Crippen LogP contribution in [0.1, 0.15) is 263 Å². The predicted molar refractivity (Wildman–Crippen MR) is 354 cm³/mol. The zero-order valence-corrected chi connectivity index (χ0v) is 58.1. The van der Waals surface area contributed by atoms with Gasteiger partial charge in [-0.15, -0.1) is 0 Å². The molecule has 84 heavy (non-hydrogen) atoms. The Kier molecular flexibility index (Phi) is 21.0. The second kappa shape index (κ2) is 27.4. The summed E-state index contributed by atoms with van der Waals surface area (Å²) in [6.07, 6.45) is 16.1. The molecule has 6 aromatic heterocycles. The minimum absolute atomic E-state index is 0. The summed E-state index contributed by atoms with van der Waals surface area (Å²) in [6.45, 7) is 37.1. The summed E-state index contributed by atoms with van der Waals surface area (Å²) >= 11 is 0.